The van der Waals surface area contributed by atoms with E-state index >= 15 is 0 Å². The number of nitrogens with zero attached hydrogens (tertiary/aromatic N) is 2. The summed E-state index contributed by atoms with van der Waals surface area (Å²) in [5.74, 6) is 0.274. The molecule has 1 heterocycles. The molecule has 1 saturated heterocycles. The third kappa shape index (κ3) is 3.69. The number of likely N-dealkylation sites (N-methyl/N-ethyl adjacent to an activating group) is 1. The molecule has 0 spiro atoms. The Hall–Kier alpha value is -0.610. The van der Waals surface area contributed by atoms with Crippen molar-refractivity contribution in [3.05, 3.63) is 0 Å². The summed E-state index contributed by atoms with van der Waals surface area (Å²) in [4.78, 5) is 16.9. The molecule has 1 unspecified atom stereocenters. The van der Waals surface area contributed by atoms with Crippen molar-refractivity contribution in [1.82, 2.24) is 9.80 Å². The van der Waals surface area contributed by atoms with E-state index in [0.29, 0.717) is 12.5 Å². The van der Waals surface area contributed by atoms with Crippen LogP contribution < -0.4 is 5.73 Å². The highest BCUT2D eigenvalue weighted by Gasteiger charge is 2.33. The molecule has 1 amide bonds. The summed E-state index contributed by atoms with van der Waals surface area (Å²) in [7, 11) is 2.15. The van der Waals surface area contributed by atoms with Gasteiger partial charge in [-0.25, -0.2) is 0 Å². The predicted molar refractivity (Wildman–Crippen MR) is 77.9 cm³/mol. The van der Waals surface area contributed by atoms with Gasteiger partial charge in [0.05, 0.1) is 0 Å². The molecule has 0 aromatic heterocycles. The first-order chi connectivity index (χ1) is 9.04. The topological polar surface area (TPSA) is 49.6 Å². The molecule has 0 aromatic rings. The van der Waals surface area contributed by atoms with E-state index in [4.69, 9.17) is 5.73 Å². The van der Waals surface area contributed by atoms with Crippen LogP contribution in [0.5, 0.6) is 0 Å². The summed E-state index contributed by atoms with van der Waals surface area (Å²) in [6.07, 6.45) is 7.34. The molecular weight excluding hydrogens is 238 g/mol. The second-order valence-electron chi connectivity index (χ2n) is 6.48. The first-order valence-corrected chi connectivity index (χ1v) is 7.81. The van der Waals surface area contributed by atoms with E-state index in [-0.39, 0.29) is 11.4 Å². The second kappa shape index (κ2) is 6.23. The van der Waals surface area contributed by atoms with E-state index in [1.165, 1.54) is 19.3 Å². The van der Waals surface area contributed by atoms with Gasteiger partial charge in [-0.3, -0.25) is 9.69 Å². The van der Waals surface area contributed by atoms with Crippen molar-refractivity contribution >= 4 is 5.91 Å². The van der Waals surface area contributed by atoms with Crippen molar-refractivity contribution in [2.45, 2.75) is 63.5 Å². The summed E-state index contributed by atoms with van der Waals surface area (Å²) >= 11 is 0. The van der Waals surface area contributed by atoms with Crippen molar-refractivity contribution < 1.29 is 4.79 Å². The van der Waals surface area contributed by atoms with E-state index in [2.05, 4.69) is 18.9 Å². The molecule has 19 heavy (non-hydrogen) atoms. The Morgan fingerprint density at radius 1 is 1.26 bits per heavy atom. The highest BCUT2D eigenvalue weighted by atomic mass is 16.2. The fourth-order valence-electron chi connectivity index (χ4n) is 3.46. The zero-order valence-corrected chi connectivity index (χ0v) is 12.5. The standard InChI is InChI=1S/C15H29N3O/c1-3-13-12-18(10-9-17(13)2)14(19)11-15(16)7-5-4-6-8-15/h13H,3-12,16H2,1-2H3. The molecule has 110 valence electrons. The van der Waals surface area contributed by atoms with E-state index in [1.54, 1.807) is 0 Å². The summed E-state index contributed by atoms with van der Waals surface area (Å²) in [6, 6.07) is 0.512. The Kier molecular flexibility index (Phi) is 4.85. The lowest BCUT2D eigenvalue weighted by Crippen LogP contribution is -2.55. The van der Waals surface area contributed by atoms with Crippen LogP contribution in [0.15, 0.2) is 0 Å². The molecule has 2 N–H and O–H groups in total. The maximum atomic E-state index is 12.5. The van der Waals surface area contributed by atoms with Gasteiger partial charge in [0.25, 0.3) is 0 Å². The van der Waals surface area contributed by atoms with Gasteiger partial charge in [-0.2, -0.15) is 0 Å². The van der Waals surface area contributed by atoms with Crippen LogP contribution in [0.25, 0.3) is 0 Å². The normalized spacial score (nSPS) is 28.4. The van der Waals surface area contributed by atoms with Crippen LogP contribution in [0, 0.1) is 0 Å². The average molecular weight is 267 g/mol. The maximum absolute atomic E-state index is 12.5. The lowest BCUT2D eigenvalue weighted by molar-refractivity contribution is -0.135. The number of amides is 1. The van der Waals surface area contributed by atoms with Gasteiger partial charge in [-0.05, 0) is 26.3 Å². The van der Waals surface area contributed by atoms with Gasteiger partial charge in [0, 0.05) is 37.6 Å². The van der Waals surface area contributed by atoms with Crippen molar-refractivity contribution in [3.8, 4) is 0 Å². The number of nitrogens with two attached hydrogens (primary N) is 1. The molecule has 0 bridgehead atoms. The largest absolute Gasteiger partial charge is 0.340 e. The Bertz CT molecular complexity index is 313. The summed E-state index contributed by atoms with van der Waals surface area (Å²) in [5, 5.41) is 0. The van der Waals surface area contributed by atoms with Gasteiger partial charge in [0.2, 0.25) is 5.91 Å². The summed E-state index contributed by atoms with van der Waals surface area (Å²) < 4.78 is 0. The van der Waals surface area contributed by atoms with E-state index in [9.17, 15) is 4.79 Å². The molecule has 1 atom stereocenters. The zero-order chi connectivity index (χ0) is 13.9. The molecule has 2 rings (SSSR count). The predicted octanol–water partition coefficient (Wildman–Crippen LogP) is 1.59. The minimum Gasteiger partial charge on any atom is -0.340 e. The smallest absolute Gasteiger partial charge is 0.224 e. The second-order valence-corrected chi connectivity index (χ2v) is 6.48. The molecule has 1 aliphatic carbocycles. The van der Waals surface area contributed by atoms with Crippen LogP contribution in [0.4, 0.5) is 0 Å². The maximum Gasteiger partial charge on any atom is 0.224 e. The molecule has 2 fully saturated rings. The number of hydrogen-bond donors (Lipinski definition) is 1. The number of hydrogen-bond acceptors (Lipinski definition) is 3. The van der Waals surface area contributed by atoms with E-state index < -0.39 is 0 Å². The minimum atomic E-state index is -0.222. The molecule has 1 aliphatic heterocycles. The van der Waals surface area contributed by atoms with Crippen LogP contribution in [-0.4, -0.2) is 54.0 Å². The first-order valence-electron chi connectivity index (χ1n) is 7.81. The lowest BCUT2D eigenvalue weighted by Gasteiger charge is -2.41. The summed E-state index contributed by atoms with van der Waals surface area (Å²) in [5.41, 5.74) is 6.18. The van der Waals surface area contributed by atoms with Crippen molar-refractivity contribution in [1.29, 1.82) is 0 Å². The minimum absolute atomic E-state index is 0.222. The zero-order valence-electron chi connectivity index (χ0n) is 12.5. The van der Waals surface area contributed by atoms with Gasteiger partial charge < -0.3 is 10.6 Å². The molecule has 0 aromatic carbocycles. The van der Waals surface area contributed by atoms with Crippen LogP contribution in [0.1, 0.15) is 51.9 Å². The van der Waals surface area contributed by atoms with Gasteiger partial charge in [0.1, 0.15) is 0 Å². The summed E-state index contributed by atoms with van der Waals surface area (Å²) in [6.45, 7) is 4.92. The number of piperazine rings is 1. The van der Waals surface area contributed by atoms with Crippen LogP contribution in [0.3, 0.4) is 0 Å². The lowest BCUT2D eigenvalue weighted by atomic mass is 9.80. The molecule has 0 radical (unpaired) electrons. The Labute approximate surface area is 117 Å². The quantitative estimate of drug-likeness (QED) is 0.845. The van der Waals surface area contributed by atoms with Crippen LogP contribution in [-0.2, 0) is 4.79 Å². The molecular formula is C15H29N3O. The molecule has 4 nitrogen and oxygen atoms in total. The highest BCUT2D eigenvalue weighted by molar-refractivity contribution is 5.77. The van der Waals surface area contributed by atoms with E-state index in [1.807, 2.05) is 4.90 Å². The first kappa shape index (κ1) is 14.8. The monoisotopic (exact) mass is 267 g/mol. The fraction of sp³-hybridized carbons (Fsp3) is 0.933. The Morgan fingerprint density at radius 2 is 1.95 bits per heavy atom. The van der Waals surface area contributed by atoms with Crippen molar-refractivity contribution in [3.63, 3.8) is 0 Å². The van der Waals surface area contributed by atoms with Crippen LogP contribution in [0.2, 0.25) is 0 Å². The van der Waals surface area contributed by atoms with Gasteiger partial charge in [0.15, 0.2) is 0 Å². The van der Waals surface area contributed by atoms with Gasteiger partial charge >= 0.3 is 0 Å². The van der Waals surface area contributed by atoms with Crippen molar-refractivity contribution in [2.75, 3.05) is 26.7 Å². The van der Waals surface area contributed by atoms with Crippen molar-refractivity contribution in [2.24, 2.45) is 5.73 Å². The molecule has 1 saturated carbocycles. The SMILES string of the molecule is CCC1CN(C(=O)CC2(N)CCCCC2)CCN1C. The Balaban J connectivity index is 1.89. The third-order valence-corrected chi connectivity index (χ3v) is 4.95. The fourth-order valence-corrected chi connectivity index (χ4v) is 3.46. The number of carbonyl (C=O) groups excluding carboxylic acids is 1. The number of rotatable bonds is 3. The third-order valence-electron chi connectivity index (χ3n) is 4.95. The highest BCUT2D eigenvalue weighted by Crippen LogP contribution is 2.29. The molecule has 2 aliphatic rings. The molecule has 4 heteroatoms. The van der Waals surface area contributed by atoms with Gasteiger partial charge in [-0.1, -0.05) is 26.2 Å². The van der Waals surface area contributed by atoms with Gasteiger partial charge in [-0.15, -0.1) is 0 Å². The number of carbonyl (C=O) groups is 1. The average Bonchev–Trinajstić information content (AvgIpc) is 2.39. The van der Waals surface area contributed by atoms with Crippen LogP contribution >= 0.6 is 0 Å². The van der Waals surface area contributed by atoms with E-state index in [0.717, 1.165) is 38.9 Å². The Morgan fingerprint density at radius 3 is 2.58 bits per heavy atom.